The van der Waals surface area contributed by atoms with Gasteiger partial charge in [-0.15, -0.1) is 0 Å². The fraction of sp³-hybridized carbons (Fsp3) is 0.133. The second-order valence-electron chi connectivity index (χ2n) is 4.26. The lowest BCUT2D eigenvalue weighted by atomic mass is 9.95. The zero-order valence-electron chi connectivity index (χ0n) is 10.1. The molecule has 1 unspecified atom stereocenters. The lowest BCUT2D eigenvalue weighted by molar-refractivity contribution is 0.0697. The Labute approximate surface area is 106 Å². The number of hydrogen-bond acceptors (Lipinski definition) is 2. The Morgan fingerprint density at radius 3 is 2.56 bits per heavy atom. The van der Waals surface area contributed by atoms with Crippen LogP contribution in [-0.4, -0.2) is 11.1 Å². The van der Waals surface area contributed by atoms with E-state index in [0.717, 1.165) is 16.7 Å². The van der Waals surface area contributed by atoms with Crippen LogP contribution in [0.4, 0.5) is 0 Å². The van der Waals surface area contributed by atoms with E-state index in [1.165, 1.54) is 0 Å². The van der Waals surface area contributed by atoms with Crippen LogP contribution in [-0.2, 0) is 0 Å². The van der Waals surface area contributed by atoms with Crippen LogP contribution in [0.25, 0.3) is 0 Å². The van der Waals surface area contributed by atoms with Crippen LogP contribution in [0.1, 0.15) is 33.1 Å². The molecule has 0 amide bonds. The number of aryl methyl sites for hydroxylation is 1. The van der Waals surface area contributed by atoms with Crippen molar-refractivity contribution >= 4 is 5.97 Å². The maximum atomic E-state index is 10.9. The number of rotatable bonds is 3. The topological polar surface area (TPSA) is 63.3 Å². The molecule has 2 aromatic rings. The Morgan fingerprint density at radius 2 is 1.89 bits per heavy atom. The van der Waals surface area contributed by atoms with Crippen LogP contribution >= 0.6 is 0 Å². The normalized spacial score (nSPS) is 12.1. The van der Waals surface area contributed by atoms with Crippen molar-refractivity contribution in [1.29, 1.82) is 0 Å². The Kier molecular flexibility index (Phi) is 3.44. The van der Waals surface area contributed by atoms with Crippen LogP contribution in [0.3, 0.4) is 0 Å². The van der Waals surface area contributed by atoms with Crippen molar-refractivity contribution in [3.63, 3.8) is 0 Å². The minimum absolute atomic E-state index is 0.261. The maximum Gasteiger partial charge on any atom is 0.335 e. The fourth-order valence-electron chi connectivity index (χ4n) is 1.98. The molecule has 1 atom stereocenters. The first-order valence-electron chi connectivity index (χ1n) is 5.74. The monoisotopic (exact) mass is 241 g/mol. The molecule has 2 aromatic carbocycles. The molecule has 0 fully saturated rings. The summed E-state index contributed by atoms with van der Waals surface area (Å²) in [6.07, 6.45) is 0. The zero-order valence-corrected chi connectivity index (χ0v) is 10.1. The molecule has 3 heteroatoms. The van der Waals surface area contributed by atoms with Crippen molar-refractivity contribution in [2.75, 3.05) is 0 Å². The summed E-state index contributed by atoms with van der Waals surface area (Å²) in [4.78, 5) is 10.9. The molecule has 0 aliphatic carbocycles. The Balaban J connectivity index is 2.40. The van der Waals surface area contributed by atoms with Crippen LogP contribution in [0, 0.1) is 6.92 Å². The average molecular weight is 241 g/mol. The van der Waals surface area contributed by atoms with Gasteiger partial charge >= 0.3 is 5.97 Å². The van der Waals surface area contributed by atoms with E-state index < -0.39 is 5.97 Å². The number of carboxylic acids is 1. The van der Waals surface area contributed by atoms with E-state index in [0.29, 0.717) is 0 Å². The van der Waals surface area contributed by atoms with Crippen LogP contribution in [0.15, 0.2) is 48.5 Å². The molecule has 92 valence electrons. The molecule has 0 radical (unpaired) electrons. The van der Waals surface area contributed by atoms with E-state index in [-0.39, 0.29) is 11.6 Å². The third kappa shape index (κ3) is 2.41. The van der Waals surface area contributed by atoms with Gasteiger partial charge in [-0.05, 0) is 35.7 Å². The molecule has 3 N–H and O–H groups in total. The average Bonchev–Trinajstić information content (AvgIpc) is 2.38. The lowest BCUT2D eigenvalue weighted by Gasteiger charge is -2.15. The third-order valence-electron chi connectivity index (χ3n) is 3.02. The van der Waals surface area contributed by atoms with E-state index in [1.54, 1.807) is 18.2 Å². The minimum Gasteiger partial charge on any atom is -0.478 e. The number of aromatic carboxylic acids is 1. The van der Waals surface area contributed by atoms with Crippen molar-refractivity contribution in [2.24, 2.45) is 5.73 Å². The first kappa shape index (κ1) is 12.3. The summed E-state index contributed by atoms with van der Waals surface area (Å²) in [5, 5.41) is 8.98. The van der Waals surface area contributed by atoms with Crippen molar-refractivity contribution in [3.8, 4) is 0 Å². The SMILES string of the molecule is Cc1ccccc1C(N)c1cccc(C(=O)O)c1. The summed E-state index contributed by atoms with van der Waals surface area (Å²) in [5.41, 5.74) is 9.38. The number of carbonyl (C=O) groups is 1. The van der Waals surface area contributed by atoms with Gasteiger partial charge in [0.25, 0.3) is 0 Å². The van der Waals surface area contributed by atoms with Gasteiger partial charge in [-0.25, -0.2) is 4.79 Å². The summed E-state index contributed by atoms with van der Waals surface area (Å²) in [7, 11) is 0. The predicted octanol–water partition coefficient (Wildman–Crippen LogP) is 2.74. The maximum absolute atomic E-state index is 10.9. The van der Waals surface area contributed by atoms with Gasteiger partial charge in [-0.1, -0.05) is 36.4 Å². The summed E-state index contributed by atoms with van der Waals surface area (Å²) in [5.74, 6) is -0.936. The fourth-order valence-corrected chi connectivity index (χ4v) is 1.98. The summed E-state index contributed by atoms with van der Waals surface area (Å²) in [6.45, 7) is 2.00. The molecule has 0 aliphatic rings. The van der Waals surface area contributed by atoms with Gasteiger partial charge in [0.1, 0.15) is 0 Å². The highest BCUT2D eigenvalue weighted by Gasteiger charge is 2.12. The molecule has 0 saturated heterocycles. The number of carboxylic acid groups (broad SMARTS) is 1. The molecule has 0 heterocycles. The second-order valence-corrected chi connectivity index (χ2v) is 4.26. The minimum atomic E-state index is -0.936. The van der Waals surface area contributed by atoms with E-state index >= 15 is 0 Å². The van der Waals surface area contributed by atoms with E-state index in [2.05, 4.69) is 0 Å². The molecule has 3 nitrogen and oxygen atoms in total. The molecular formula is C15H15NO2. The number of nitrogens with two attached hydrogens (primary N) is 1. The van der Waals surface area contributed by atoms with Gasteiger partial charge < -0.3 is 10.8 Å². The van der Waals surface area contributed by atoms with Gasteiger partial charge in [0.15, 0.2) is 0 Å². The summed E-state index contributed by atoms with van der Waals surface area (Å²) < 4.78 is 0. The lowest BCUT2D eigenvalue weighted by Crippen LogP contribution is -2.13. The zero-order chi connectivity index (χ0) is 13.1. The summed E-state index contributed by atoms with van der Waals surface area (Å²) >= 11 is 0. The van der Waals surface area contributed by atoms with Crippen LogP contribution in [0.2, 0.25) is 0 Å². The van der Waals surface area contributed by atoms with Gasteiger partial charge in [0.2, 0.25) is 0 Å². The van der Waals surface area contributed by atoms with Crippen LogP contribution in [0.5, 0.6) is 0 Å². The molecule has 0 aromatic heterocycles. The van der Waals surface area contributed by atoms with Crippen LogP contribution < -0.4 is 5.73 Å². The molecule has 0 aliphatic heterocycles. The first-order chi connectivity index (χ1) is 8.59. The summed E-state index contributed by atoms with van der Waals surface area (Å²) in [6, 6.07) is 14.3. The molecule has 0 saturated carbocycles. The smallest absolute Gasteiger partial charge is 0.335 e. The standard InChI is InChI=1S/C15H15NO2/c1-10-5-2-3-8-13(10)14(16)11-6-4-7-12(9-11)15(17)18/h2-9,14H,16H2,1H3,(H,17,18). The first-order valence-corrected chi connectivity index (χ1v) is 5.74. The largest absolute Gasteiger partial charge is 0.478 e. The van der Waals surface area contributed by atoms with E-state index in [9.17, 15) is 4.79 Å². The van der Waals surface area contributed by atoms with Gasteiger partial charge in [0.05, 0.1) is 11.6 Å². The van der Waals surface area contributed by atoms with Crippen molar-refractivity contribution < 1.29 is 9.90 Å². The Morgan fingerprint density at radius 1 is 1.17 bits per heavy atom. The second kappa shape index (κ2) is 5.02. The van der Waals surface area contributed by atoms with Gasteiger partial charge in [-0.3, -0.25) is 0 Å². The molecule has 0 spiro atoms. The quantitative estimate of drug-likeness (QED) is 0.868. The van der Waals surface area contributed by atoms with Gasteiger partial charge in [-0.2, -0.15) is 0 Å². The number of benzene rings is 2. The van der Waals surface area contributed by atoms with Crippen molar-refractivity contribution in [3.05, 3.63) is 70.8 Å². The molecule has 18 heavy (non-hydrogen) atoms. The van der Waals surface area contributed by atoms with E-state index in [4.69, 9.17) is 10.8 Å². The van der Waals surface area contributed by atoms with Crippen molar-refractivity contribution in [2.45, 2.75) is 13.0 Å². The third-order valence-corrected chi connectivity index (χ3v) is 3.02. The number of hydrogen-bond donors (Lipinski definition) is 2. The molecule has 0 bridgehead atoms. The predicted molar refractivity (Wildman–Crippen MR) is 70.6 cm³/mol. The Hall–Kier alpha value is -2.13. The van der Waals surface area contributed by atoms with E-state index in [1.807, 2.05) is 37.3 Å². The van der Waals surface area contributed by atoms with Gasteiger partial charge in [0, 0.05) is 0 Å². The molecular weight excluding hydrogens is 226 g/mol. The highest BCUT2D eigenvalue weighted by molar-refractivity contribution is 5.87. The highest BCUT2D eigenvalue weighted by atomic mass is 16.4. The highest BCUT2D eigenvalue weighted by Crippen LogP contribution is 2.23. The van der Waals surface area contributed by atoms with Crippen molar-refractivity contribution in [1.82, 2.24) is 0 Å². The Bertz CT molecular complexity index is 578. The molecule has 2 rings (SSSR count).